The molecule has 0 atom stereocenters. The number of carbonyl (C=O) groups is 2. The molecular formula is C25H25F3N4O2S. The molecule has 1 saturated carbocycles. The first kappa shape index (κ1) is 24.8. The van der Waals surface area contributed by atoms with Gasteiger partial charge in [-0.25, -0.2) is 0 Å². The predicted molar refractivity (Wildman–Crippen MR) is 128 cm³/mol. The summed E-state index contributed by atoms with van der Waals surface area (Å²) in [6.07, 6.45) is 0.230. The highest BCUT2D eigenvalue weighted by Crippen LogP contribution is 2.30. The highest BCUT2D eigenvalue weighted by atomic mass is 32.1. The Balaban J connectivity index is 1.41. The average Bonchev–Trinajstić information content (AvgIpc) is 3.33. The third kappa shape index (κ3) is 6.45. The van der Waals surface area contributed by atoms with Gasteiger partial charge in [-0.1, -0.05) is 60.9 Å². The Morgan fingerprint density at radius 1 is 0.971 bits per heavy atom. The second kappa shape index (κ2) is 11.0. The van der Waals surface area contributed by atoms with Gasteiger partial charge in [0.1, 0.15) is 5.01 Å². The normalized spacial score (nSPS) is 14.5. The number of aromatic nitrogens is 2. The van der Waals surface area contributed by atoms with Gasteiger partial charge in [0.2, 0.25) is 11.0 Å². The lowest BCUT2D eigenvalue weighted by Crippen LogP contribution is -2.43. The maximum atomic E-state index is 13.2. The van der Waals surface area contributed by atoms with Gasteiger partial charge in [0.15, 0.2) is 0 Å². The molecule has 6 nitrogen and oxygen atoms in total. The van der Waals surface area contributed by atoms with Gasteiger partial charge < -0.3 is 10.2 Å². The standard InChI is InChI=1S/C25H25F3N4O2S/c26-25(27,28)19-13-11-18(12-14-19)23(34)32(20-9-5-2-6-10-20)16-15-21(33)29-24-31-30-22(35-24)17-7-3-1-4-8-17/h1,3-4,7-8,11-14,20H,2,5-6,9-10,15-16H2,(H,29,31,33). The third-order valence-corrected chi connectivity index (χ3v) is 6.90. The molecule has 0 radical (unpaired) electrons. The van der Waals surface area contributed by atoms with Crippen molar-refractivity contribution in [3.05, 3.63) is 65.7 Å². The minimum atomic E-state index is -4.46. The lowest BCUT2D eigenvalue weighted by Gasteiger charge is -2.34. The maximum Gasteiger partial charge on any atom is 0.416 e. The van der Waals surface area contributed by atoms with Crippen molar-refractivity contribution in [2.45, 2.75) is 50.7 Å². The molecule has 4 rings (SSSR count). The number of hydrogen-bond donors (Lipinski definition) is 1. The Morgan fingerprint density at radius 3 is 2.31 bits per heavy atom. The van der Waals surface area contributed by atoms with E-state index in [-0.39, 0.29) is 36.4 Å². The zero-order valence-electron chi connectivity index (χ0n) is 18.9. The van der Waals surface area contributed by atoms with Crippen molar-refractivity contribution in [1.82, 2.24) is 15.1 Å². The molecule has 1 aromatic heterocycles. The van der Waals surface area contributed by atoms with Crippen LogP contribution in [0, 0.1) is 0 Å². The van der Waals surface area contributed by atoms with E-state index in [1.807, 2.05) is 30.3 Å². The van der Waals surface area contributed by atoms with E-state index in [2.05, 4.69) is 15.5 Å². The number of rotatable bonds is 7. The van der Waals surface area contributed by atoms with Crippen molar-refractivity contribution in [3.63, 3.8) is 0 Å². The monoisotopic (exact) mass is 502 g/mol. The van der Waals surface area contributed by atoms with Gasteiger partial charge in [0.05, 0.1) is 5.56 Å². The molecule has 1 fully saturated rings. The molecule has 10 heteroatoms. The second-order valence-electron chi connectivity index (χ2n) is 8.44. The number of halogens is 3. The molecule has 0 unspecified atom stereocenters. The summed E-state index contributed by atoms with van der Waals surface area (Å²) in [5.41, 5.74) is 0.279. The van der Waals surface area contributed by atoms with Crippen LogP contribution < -0.4 is 5.32 Å². The first-order valence-corrected chi connectivity index (χ1v) is 12.3. The summed E-state index contributed by atoms with van der Waals surface area (Å²) in [6.45, 7) is 0.167. The average molecular weight is 503 g/mol. The molecule has 1 aliphatic carbocycles. The number of amides is 2. The zero-order chi connectivity index (χ0) is 24.8. The summed E-state index contributed by atoms with van der Waals surface area (Å²) in [5.74, 6) is -0.664. The van der Waals surface area contributed by atoms with E-state index in [4.69, 9.17) is 0 Å². The Labute approximate surface area is 205 Å². The lowest BCUT2D eigenvalue weighted by molar-refractivity contribution is -0.137. The van der Waals surface area contributed by atoms with E-state index < -0.39 is 11.7 Å². The number of hydrogen-bond acceptors (Lipinski definition) is 5. The topological polar surface area (TPSA) is 75.2 Å². The van der Waals surface area contributed by atoms with Crippen molar-refractivity contribution in [3.8, 4) is 10.6 Å². The smallest absolute Gasteiger partial charge is 0.335 e. The first-order chi connectivity index (χ1) is 16.8. The molecule has 1 aliphatic rings. The molecule has 0 bridgehead atoms. The highest BCUT2D eigenvalue weighted by molar-refractivity contribution is 7.18. The van der Waals surface area contributed by atoms with Gasteiger partial charge >= 0.3 is 6.18 Å². The number of alkyl halides is 3. The predicted octanol–water partition coefficient (Wildman–Crippen LogP) is 6.03. The van der Waals surface area contributed by atoms with Crippen molar-refractivity contribution < 1.29 is 22.8 Å². The highest BCUT2D eigenvalue weighted by Gasteiger charge is 2.31. The van der Waals surface area contributed by atoms with Crippen molar-refractivity contribution in [2.24, 2.45) is 0 Å². The summed E-state index contributed by atoms with van der Waals surface area (Å²) >= 11 is 1.26. The van der Waals surface area contributed by atoms with Crippen LogP contribution in [-0.2, 0) is 11.0 Å². The van der Waals surface area contributed by atoms with Crippen LogP contribution in [0.3, 0.4) is 0 Å². The number of benzene rings is 2. The zero-order valence-corrected chi connectivity index (χ0v) is 19.7. The van der Waals surface area contributed by atoms with E-state index in [9.17, 15) is 22.8 Å². The fraction of sp³-hybridized carbons (Fsp3) is 0.360. The Kier molecular flexibility index (Phi) is 7.80. The maximum absolute atomic E-state index is 13.2. The summed E-state index contributed by atoms with van der Waals surface area (Å²) in [4.78, 5) is 27.5. The van der Waals surface area contributed by atoms with Gasteiger partial charge in [-0.2, -0.15) is 13.2 Å². The number of nitrogens with zero attached hydrogens (tertiary/aromatic N) is 3. The molecule has 2 amide bonds. The largest absolute Gasteiger partial charge is 0.416 e. The van der Waals surface area contributed by atoms with Gasteiger partial charge in [-0.15, -0.1) is 10.2 Å². The van der Waals surface area contributed by atoms with E-state index in [0.717, 1.165) is 49.8 Å². The number of carbonyl (C=O) groups excluding carboxylic acids is 2. The molecule has 0 saturated heterocycles. The van der Waals surface area contributed by atoms with Crippen molar-refractivity contribution >= 4 is 28.3 Å². The van der Waals surface area contributed by atoms with E-state index in [0.29, 0.717) is 10.1 Å². The summed E-state index contributed by atoms with van der Waals surface area (Å²) in [5, 5.41) is 11.9. The van der Waals surface area contributed by atoms with Crippen LogP contribution in [0.25, 0.3) is 10.6 Å². The van der Waals surface area contributed by atoms with Crippen LogP contribution in [0.1, 0.15) is 54.4 Å². The Morgan fingerprint density at radius 2 is 1.66 bits per heavy atom. The van der Waals surface area contributed by atoms with Crippen molar-refractivity contribution in [1.29, 1.82) is 0 Å². The molecule has 2 aromatic carbocycles. The summed E-state index contributed by atoms with van der Waals surface area (Å²) < 4.78 is 38.7. The number of anilines is 1. The molecule has 1 heterocycles. The third-order valence-electron chi connectivity index (χ3n) is 6.01. The van der Waals surface area contributed by atoms with E-state index in [1.165, 1.54) is 23.5 Å². The molecule has 0 aliphatic heterocycles. The van der Waals surface area contributed by atoms with Gasteiger partial charge in [0, 0.05) is 30.1 Å². The van der Waals surface area contributed by atoms with Gasteiger partial charge in [0.25, 0.3) is 5.91 Å². The van der Waals surface area contributed by atoms with Gasteiger partial charge in [-0.05, 0) is 37.1 Å². The minimum absolute atomic E-state index is 0.0439. The quantitative estimate of drug-likeness (QED) is 0.428. The van der Waals surface area contributed by atoms with Crippen LogP contribution in [0.2, 0.25) is 0 Å². The van der Waals surface area contributed by atoms with E-state index in [1.54, 1.807) is 4.90 Å². The fourth-order valence-electron chi connectivity index (χ4n) is 4.19. The van der Waals surface area contributed by atoms with Crippen LogP contribution >= 0.6 is 11.3 Å². The molecule has 1 N–H and O–H groups in total. The SMILES string of the molecule is O=C(CCN(C(=O)c1ccc(C(F)(F)F)cc1)C1CCCCC1)Nc1nnc(-c2ccccc2)s1. The van der Waals surface area contributed by atoms with E-state index >= 15 is 0 Å². The van der Waals surface area contributed by atoms with Crippen LogP contribution in [0.4, 0.5) is 18.3 Å². The molecule has 3 aromatic rings. The Bertz CT molecular complexity index is 1140. The second-order valence-corrected chi connectivity index (χ2v) is 9.42. The molecule has 35 heavy (non-hydrogen) atoms. The molecular weight excluding hydrogens is 477 g/mol. The van der Waals surface area contributed by atoms with Crippen molar-refractivity contribution in [2.75, 3.05) is 11.9 Å². The van der Waals surface area contributed by atoms with Crippen LogP contribution in [-0.4, -0.2) is 39.5 Å². The molecule has 184 valence electrons. The lowest BCUT2D eigenvalue weighted by atomic mass is 9.93. The first-order valence-electron chi connectivity index (χ1n) is 11.5. The Hall–Kier alpha value is -3.27. The fourth-order valence-corrected chi connectivity index (χ4v) is 4.95. The van der Waals surface area contributed by atoms with Crippen LogP contribution in [0.5, 0.6) is 0 Å². The minimum Gasteiger partial charge on any atom is -0.335 e. The summed E-state index contributed by atoms with van der Waals surface area (Å²) in [6, 6.07) is 13.7. The number of nitrogens with one attached hydrogen (secondary N) is 1. The van der Waals surface area contributed by atoms with Crippen LogP contribution in [0.15, 0.2) is 54.6 Å². The molecule has 0 spiro atoms. The van der Waals surface area contributed by atoms with Gasteiger partial charge in [-0.3, -0.25) is 9.59 Å². The summed E-state index contributed by atoms with van der Waals surface area (Å²) in [7, 11) is 0.